The Balaban J connectivity index is 1.89. The number of benzene rings is 1. The van der Waals surface area contributed by atoms with Gasteiger partial charge in [0.25, 0.3) is 0 Å². The summed E-state index contributed by atoms with van der Waals surface area (Å²) in [7, 11) is 0. The van der Waals surface area contributed by atoms with Crippen LogP contribution in [0.2, 0.25) is 0 Å². The van der Waals surface area contributed by atoms with E-state index in [9.17, 15) is 4.39 Å². The molecular formula is C18H15FN4. The molecule has 0 aliphatic heterocycles. The molecule has 3 rings (SSSR count). The molecule has 5 heteroatoms. The molecule has 0 saturated heterocycles. The topological polar surface area (TPSA) is 61.7 Å². The van der Waals surface area contributed by atoms with Crippen molar-refractivity contribution in [2.24, 2.45) is 0 Å². The first-order valence-corrected chi connectivity index (χ1v) is 7.16. The first kappa shape index (κ1) is 14.8. The second-order valence-corrected chi connectivity index (χ2v) is 4.99. The Hall–Kier alpha value is -3.08. The predicted octanol–water partition coefficient (Wildman–Crippen LogP) is 3.89. The molecule has 0 bridgehead atoms. The number of nitrogens with zero attached hydrogens (tertiary/aromatic N) is 2. The number of rotatable bonds is 5. The van der Waals surface area contributed by atoms with E-state index < -0.39 is 0 Å². The van der Waals surface area contributed by atoms with Crippen LogP contribution in [0.3, 0.4) is 0 Å². The molecule has 0 saturated carbocycles. The highest BCUT2D eigenvalue weighted by atomic mass is 19.1. The molecule has 4 nitrogen and oxygen atoms in total. The molecule has 0 fully saturated rings. The van der Waals surface area contributed by atoms with Gasteiger partial charge >= 0.3 is 0 Å². The van der Waals surface area contributed by atoms with Crippen molar-refractivity contribution in [3.05, 3.63) is 78.1 Å². The second kappa shape index (κ2) is 6.79. The van der Waals surface area contributed by atoms with E-state index in [0.29, 0.717) is 17.9 Å². The molecule has 0 amide bonds. The Labute approximate surface area is 133 Å². The lowest BCUT2D eigenvalue weighted by atomic mass is 10.1. The third-order valence-electron chi connectivity index (χ3n) is 3.40. The Bertz CT molecular complexity index is 818. The minimum atomic E-state index is -0.290. The second-order valence-electron chi connectivity index (χ2n) is 4.99. The van der Waals surface area contributed by atoms with E-state index in [-0.39, 0.29) is 5.82 Å². The molecule has 0 aliphatic carbocycles. The zero-order valence-electron chi connectivity index (χ0n) is 12.3. The number of anilines is 1. The SMILES string of the molecule is N=Cc1ncc(-c2cccc(F)c2)cc1NCc1ccccn1. The summed E-state index contributed by atoms with van der Waals surface area (Å²) in [5, 5.41) is 10.7. The molecule has 3 aromatic rings. The summed E-state index contributed by atoms with van der Waals surface area (Å²) in [6, 6.07) is 13.9. The molecule has 2 heterocycles. The lowest BCUT2D eigenvalue weighted by Gasteiger charge is -2.11. The monoisotopic (exact) mass is 306 g/mol. The van der Waals surface area contributed by atoms with Crippen LogP contribution in [0, 0.1) is 11.2 Å². The fraction of sp³-hybridized carbons (Fsp3) is 0.0556. The Morgan fingerprint density at radius 1 is 1.04 bits per heavy atom. The third kappa shape index (κ3) is 3.58. The zero-order chi connectivity index (χ0) is 16.1. The van der Waals surface area contributed by atoms with Gasteiger partial charge in [-0.05, 0) is 35.9 Å². The highest BCUT2D eigenvalue weighted by Crippen LogP contribution is 2.24. The van der Waals surface area contributed by atoms with Crippen LogP contribution in [0.25, 0.3) is 11.1 Å². The van der Waals surface area contributed by atoms with Crippen molar-refractivity contribution in [1.29, 1.82) is 5.41 Å². The molecule has 0 spiro atoms. The summed E-state index contributed by atoms with van der Waals surface area (Å²) in [5.41, 5.74) is 3.67. The molecule has 0 aliphatic rings. The fourth-order valence-corrected chi connectivity index (χ4v) is 2.25. The van der Waals surface area contributed by atoms with E-state index in [1.165, 1.54) is 18.3 Å². The number of hydrogen-bond acceptors (Lipinski definition) is 4. The summed E-state index contributed by atoms with van der Waals surface area (Å²) in [5.74, 6) is -0.290. The molecule has 2 aromatic heterocycles. The Morgan fingerprint density at radius 2 is 1.96 bits per heavy atom. The number of aromatic nitrogens is 2. The molecule has 0 radical (unpaired) electrons. The normalized spacial score (nSPS) is 10.3. The summed E-state index contributed by atoms with van der Waals surface area (Å²) < 4.78 is 13.4. The maximum atomic E-state index is 13.4. The van der Waals surface area contributed by atoms with E-state index in [1.54, 1.807) is 18.5 Å². The quantitative estimate of drug-likeness (QED) is 0.703. The number of nitrogens with one attached hydrogen (secondary N) is 2. The number of hydrogen-bond donors (Lipinski definition) is 2. The average Bonchev–Trinajstić information content (AvgIpc) is 2.60. The minimum Gasteiger partial charge on any atom is -0.378 e. The molecule has 0 unspecified atom stereocenters. The molecule has 2 N–H and O–H groups in total. The lowest BCUT2D eigenvalue weighted by Crippen LogP contribution is -2.05. The standard InChI is InChI=1S/C18H15FN4/c19-15-5-3-4-13(8-15)14-9-17(18(10-20)22-11-14)23-12-16-6-1-2-7-21-16/h1-11,20,23H,12H2. The van der Waals surface area contributed by atoms with Crippen molar-refractivity contribution in [2.45, 2.75) is 6.54 Å². The number of pyridine rings is 2. The van der Waals surface area contributed by atoms with E-state index >= 15 is 0 Å². The highest BCUT2D eigenvalue weighted by molar-refractivity contribution is 5.85. The van der Waals surface area contributed by atoms with Gasteiger partial charge in [-0.3, -0.25) is 9.97 Å². The van der Waals surface area contributed by atoms with Gasteiger partial charge in [-0.1, -0.05) is 18.2 Å². The maximum Gasteiger partial charge on any atom is 0.123 e. The Morgan fingerprint density at radius 3 is 2.70 bits per heavy atom. The van der Waals surface area contributed by atoms with Crippen LogP contribution >= 0.6 is 0 Å². The molecule has 1 aromatic carbocycles. The van der Waals surface area contributed by atoms with Crippen LogP contribution in [0.5, 0.6) is 0 Å². The zero-order valence-corrected chi connectivity index (χ0v) is 12.3. The van der Waals surface area contributed by atoms with Crippen molar-refractivity contribution < 1.29 is 4.39 Å². The van der Waals surface area contributed by atoms with Gasteiger partial charge in [-0.2, -0.15) is 0 Å². The molecule has 0 atom stereocenters. The first-order chi connectivity index (χ1) is 11.3. The highest BCUT2D eigenvalue weighted by Gasteiger charge is 2.06. The van der Waals surface area contributed by atoms with Crippen LogP contribution in [0.4, 0.5) is 10.1 Å². The number of halogens is 1. The first-order valence-electron chi connectivity index (χ1n) is 7.16. The van der Waals surface area contributed by atoms with Gasteiger partial charge in [0, 0.05) is 24.2 Å². The summed E-state index contributed by atoms with van der Waals surface area (Å²) in [4.78, 5) is 8.52. The summed E-state index contributed by atoms with van der Waals surface area (Å²) in [6.07, 6.45) is 4.56. The van der Waals surface area contributed by atoms with Crippen LogP contribution in [-0.2, 0) is 6.54 Å². The van der Waals surface area contributed by atoms with Gasteiger partial charge in [-0.15, -0.1) is 0 Å². The predicted molar refractivity (Wildman–Crippen MR) is 89.1 cm³/mol. The van der Waals surface area contributed by atoms with Crippen molar-refractivity contribution >= 4 is 11.9 Å². The third-order valence-corrected chi connectivity index (χ3v) is 3.40. The fourth-order valence-electron chi connectivity index (χ4n) is 2.25. The van der Waals surface area contributed by atoms with Crippen molar-refractivity contribution in [1.82, 2.24) is 9.97 Å². The van der Waals surface area contributed by atoms with Crippen LogP contribution in [0.1, 0.15) is 11.4 Å². The van der Waals surface area contributed by atoms with E-state index in [2.05, 4.69) is 15.3 Å². The van der Waals surface area contributed by atoms with E-state index in [0.717, 1.165) is 16.8 Å². The van der Waals surface area contributed by atoms with Gasteiger partial charge in [0.2, 0.25) is 0 Å². The summed E-state index contributed by atoms with van der Waals surface area (Å²) >= 11 is 0. The summed E-state index contributed by atoms with van der Waals surface area (Å²) in [6.45, 7) is 0.524. The van der Waals surface area contributed by atoms with Crippen LogP contribution in [0.15, 0.2) is 60.9 Å². The van der Waals surface area contributed by atoms with E-state index in [1.807, 2.05) is 30.3 Å². The molecule has 23 heavy (non-hydrogen) atoms. The van der Waals surface area contributed by atoms with Crippen molar-refractivity contribution in [3.8, 4) is 11.1 Å². The van der Waals surface area contributed by atoms with E-state index in [4.69, 9.17) is 5.41 Å². The van der Waals surface area contributed by atoms with Gasteiger partial charge in [0.15, 0.2) is 0 Å². The Kier molecular flexibility index (Phi) is 4.38. The van der Waals surface area contributed by atoms with Crippen molar-refractivity contribution in [2.75, 3.05) is 5.32 Å². The van der Waals surface area contributed by atoms with Gasteiger partial charge in [-0.25, -0.2) is 4.39 Å². The molecular weight excluding hydrogens is 291 g/mol. The lowest BCUT2D eigenvalue weighted by molar-refractivity contribution is 0.628. The maximum absolute atomic E-state index is 13.4. The average molecular weight is 306 g/mol. The van der Waals surface area contributed by atoms with Gasteiger partial charge < -0.3 is 10.7 Å². The minimum absolute atomic E-state index is 0.290. The van der Waals surface area contributed by atoms with Crippen LogP contribution < -0.4 is 5.32 Å². The largest absolute Gasteiger partial charge is 0.378 e. The smallest absolute Gasteiger partial charge is 0.123 e. The van der Waals surface area contributed by atoms with Crippen molar-refractivity contribution in [3.63, 3.8) is 0 Å². The molecule has 114 valence electrons. The van der Waals surface area contributed by atoms with Gasteiger partial charge in [0.05, 0.1) is 17.9 Å². The van der Waals surface area contributed by atoms with Gasteiger partial charge in [0.1, 0.15) is 11.5 Å². The van der Waals surface area contributed by atoms with Crippen LogP contribution in [-0.4, -0.2) is 16.2 Å².